The van der Waals surface area contributed by atoms with Gasteiger partial charge in [0.25, 0.3) is 5.91 Å². The van der Waals surface area contributed by atoms with Crippen LogP contribution in [0.4, 0.5) is 0 Å². The van der Waals surface area contributed by atoms with Crippen LogP contribution in [0.3, 0.4) is 0 Å². The summed E-state index contributed by atoms with van der Waals surface area (Å²) in [5.74, 6) is 0.204. The van der Waals surface area contributed by atoms with E-state index >= 15 is 0 Å². The molecular weight excluding hydrogens is 320 g/mol. The lowest BCUT2D eigenvalue weighted by molar-refractivity contribution is -0.145. The summed E-state index contributed by atoms with van der Waals surface area (Å²) in [6.45, 7) is 5.23. The van der Waals surface area contributed by atoms with Gasteiger partial charge in [-0.05, 0) is 32.6 Å². The molecule has 2 heterocycles. The van der Waals surface area contributed by atoms with Crippen LogP contribution in [0.25, 0.3) is 0 Å². The van der Waals surface area contributed by atoms with Crippen molar-refractivity contribution in [3.8, 4) is 0 Å². The van der Waals surface area contributed by atoms with E-state index in [1.54, 1.807) is 0 Å². The van der Waals surface area contributed by atoms with Gasteiger partial charge < -0.3 is 20.7 Å². The lowest BCUT2D eigenvalue weighted by atomic mass is 10.1. The lowest BCUT2D eigenvalue weighted by Gasteiger charge is -2.38. The van der Waals surface area contributed by atoms with Crippen molar-refractivity contribution in [2.75, 3.05) is 32.7 Å². The van der Waals surface area contributed by atoms with Crippen LogP contribution < -0.4 is 11.1 Å². The molecule has 0 bridgehead atoms. The standard InChI is InChI=1S/C18H32N4O3/c1-13(17(23)20-14-4-2-3-5-14)21-8-10-22(11-9-21)18(24)16-7-6-15(12-19)25-16/h13-16H,2-12,19H2,1H3,(H,20,23)/t13?,15-,16+/m1/s1. The van der Waals surface area contributed by atoms with E-state index in [1.165, 1.54) is 12.8 Å². The Bertz CT molecular complexity index is 473. The molecule has 0 aromatic rings. The first-order chi connectivity index (χ1) is 12.1. The summed E-state index contributed by atoms with van der Waals surface area (Å²) < 4.78 is 5.72. The molecule has 1 aliphatic carbocycles. The quantitative estimate of drug-likeness (QED) is 0.732. The molecule has 142 valence electrons. The van der Waals surface area contributed by atoms with Gasteiger partial charge in [-0.25, -0.2) is 0 Å². The first-order valence-electron chi connectivity index (χ1n) is 9.77. The van der Waals surface area contributed by atoms with Gasteiger partial charge in [0.2, 0.25) is 5.91 Å². The number of carbonyl (C=O) groups is 2. The molecule has 7 nitrogen and oxygen atoms in total. The predicted molar refractivity (Wildman–Crippen MR) is 95.0 cm³/mol. The number of carbonyl (C=O) groups excluding carboxylic acids is 2. The minimum atomic E-state index is -0.330. The van der Waals surface area contributed by atoms with E-state index < -0.39 is 0 Å². The molecule has 2 saturated heterocycles. The third kappa shape index (κ3) is 4.51. The van der Waals surface area contributed by atoms with Crippen LogP contribution >= 0.6 is 0 Å². The Balaban J connectivity index is 1.43. The zero-order chi connectivity index (χ0) is 17.8. The molecule has 1 unspecified atom stereocenters. The number of hydrogen-bond donors (Lipinski definition) is 2. The summed E-state index contributed by atoms with van der Waals surface area (Å²) >= 11 is 0. The van der Waals surface area contributed by atoms with Crippen molar-refractivity contribution >= 4 is 11.8 Å². The minimum Gasteiger partial charge on any atom is -0.364 e. The van der Waals surface area contributed by atoms with Crippen LogP contribution in [-0.4, -0.2) is 78.6 Å². The van der Waals surface area contributed by atoms with Gasteiger partial charge in [-0.3, -0.25) is 14.5 Å². The fourth-order valence-corrected chi connectivity index (χ4v) is 4.15. The fraction of sp³-hybridized carbons (Fsp3) is 0.889. The summed E-state index contributed by atoms with van der Waals surface area (Å²) in [6.07, 6.45) is 5.96. The van der Waals surface area contributed by atoms with Crippen molar-refractivity contribution in [1.82, 2.24) is 15.1 Å². The van der Waals surface area contributed by atoms with E-state index in [9.17, 15) is 9.59 Å². The number of nitrogens with one attached hydrogen (secondary N) is 1. The second-order valence-corrected chi connectivity index (χ2v) is 7.59. The molecule has 0 aromatic heterocycles. The number of rotatable bonds is 5. The maximum atomic E-state index is 12.6. The third-order valence-electron chi connectivity index (χ3n) is 5.90. The monoisotopic (exact) mass is 352 g/mol. The summed E-state index contributed by atoms with van der Waals surface area (Å²) in [5.41, 5.74) is 5.62. The molecule has 0 spiro atoms. The highest BCUT2D eigenvalue weighted by atomic mass is 16.5. The van der Waals surface area contributed by atoms with Crippen molar-refractivity contribution < 1.29 is 14.3 Å². The SMILES string of the molecule is CC(C(=O)NC1CCCC1)N1CCN(C(=O)[C@@H]2CC[C@H](CN)O2)CC1. The van der Waals surface area contributed by atoms with Gasteiger partial charge >= 0.3 is 0 Å². The molecule has 3 N–H and O–H groups in total. The molecule has 25 heavy (non-hydrogen) atoms. The Morgan fingerprint density at radius 2 is 1.80 bits per heavy atom. The average Bonchev–Trinajstić information content (AvgIpc) is 3.32. The number of nitrogens with two attached hydrogens (primary N) is 1. The van der Waals surface area contributed by atoms with Crippen LogP contribution in [0, 0.1) is 0 Å². The number of amides is 2. The zero-order valence-electron chi connectivity index (χ0n) is 15.3. The van der Waals surface area contributed by atoms with Crippen molar-refractivity contribution in [1.29, 1.82) is 0 Å². The summed E-state index contributed by atoms with van der Waals surface area (Å²) in [5, 5.41) is 3.17. The third-order valence-corrected chi connectivity index (χ3v) is 5.90. The Labute approximate surface area is 150 Å². The molecule has 0 radical (unpaired) electrons. The first-order valence-corrected chi connectivity index (χ1v) is 9.77. The van der Waals surface area contributed by atoms with Crippen LogP contribution in [-0.2, 0) is 14.3 Å². The van der Waals surface area contributed by atoms with Crippen molar-refractivity contribution in [2.45, 2.75) is 69.7 Å². The number of piperazine rings is 1. The molecule has 2 aliphatic heterocycles. The van der Waals surface area contributed by atoms with Crippen molar-refractivity contribution in [3.05, 3.63) is 0 Å². The van der Waals surface area contributed by atoms with Gasteiger partial charge in [-0.2, -0.15) is 0 Å². The minimum absolute atomic E-state index is 0.0227. The van der Waals surface area contributed by atoms with Crippen LogP contribution in [0.2, 0.25) is 0 Å². The van der Waals surface area contributed by atoms with Gasteiger partial charge in [-0.1, -0.05) is 12.8 Å². The highest BCUT2D eigenvalue weighted by molar-refractivity contribution is 5.82. The van der Waals surface area contributed by atoms with Crippen molar-refractivity contribution in [3.63, 3.8) is 0 Å². The Morgan fingerprint density at radius 1 is 1.12 bits per heavy atom. The van der Waals surface area contributed by atoms with E-state index in [0.717, 1.165) is 38.8 Å². The maximum absolute atomic E-state index is 12.6. The molecule has 2 amide bonds. The topological polar surface area (TPSA) is 87.9 Å². The number of nitrogens with zero attached hydrogens (tertiary/aromatic N) is 2. The zero-order valence-corrected chi connectivity index (χ0v) is 15.3. The largest absolute Gasteiger partial charge is 0.364 e. The average molecular weight is 352 g/mol. The maximum Gasteiger partial charge on any atom is 0.251 e. The Morgan fingerprint density at radius 3 is 2.40 bits per heavy atom. The number of ether oxygens (including phenoxy) is 1. The highest BCUT2D eigenvalue weighted by Crippen LogP contribution is 2.22. The molecule has 1 saturated carbocycles. The predicted octanol–water partition coefficient (Wildman–Crippen LogP) is 0.0842. The number of hydrogen-bond acceptors (Lipinski definition) is 5. The van der Waals surface area contributed by atoms with Gasteiger partial charge in [-0.15, -0.1) is 0 Å². The molecule has 0 aromatic carbocycles. The second-order valence-electron chi connectivity index (χ2n) is 7.59. The van der Waals surface area contributed by atoms with Gasteiger partial charge in [0.15, 0.2) is 0 Å². The van der Waals surface area contributed by atoms with E-state index in [0.29, 0.717) is 25.7 Å². The highest BCUT2D eigenvalue weighted by Gasteiger charge is 2.35. The van der Waals surface area contributed by atoms with Crippen molar-refractivity contribution in [2.24, 2.45) is 5.73 Å². The van der Waals surface area contributed by atoms with E-state index in [1.807, 2.05) is 11.8 Å². The summed E-state index contributed by atoms with van der Waals surface area (Å²) in [6, 6.07) is 0.218. The van der Waals surface area contributed by atoms with Crippen LogP contribution in [0.15, 0.2) is 0 Å². The van der Waals surface area contributed by atoms with E-state index in [-0.39, 0.29) is 30.1 Å². The second kappa shape index (κ2) is 8.47. The molecule has 3 atom stereocenters. The van der Waals surface area contributed by atoms with Gasteiger partial charge in [0.1, 0.15) is 6.10 Å². The van der Waals surface area contributed by atoms with E-state index in [4.69, 9.17) is 10.5 Å². The first kappa shape index (κ1) is 18.6. The molecule has 3 rings (SSSR count). The van der Waals surface area contributed by atoms with Gasteiger partial charge in [0, 0.05) is 38.8 Å². The Hall–Kier alpha value is -1.18. The Kier molecular flexibility index (Phi) is 6.30. The van der Waals surface area contributed by atoms with Crippen LogP contribution in [0.1, 0.15) is 45.4 Å². The molecule has 3 fully saturated rings. The van der Waals surface area contributed by atoms with Crippen LogP contribution in [0.5, 0.6) is 0 Å². The molecule has 7 heteroatoms. The summed E-state index contributed by atoms with van der Waals surface area (Å²) in [4.78, 5) is 29.0. The smallest absolute Gasteiger partial charge is 0.251 e. The summed E-state index contributed by atoms with van der Waals surface area (Å²) in [7, 11) is 0. The molecular formula is C18H32N4O3. The van der Waals surface area contributed by atoms with E-state index in [2.05, 4.69) is 10.2 Å². The van der Waals surface area contributed by atoms with Gasteiger partial charge in [0.05, 0.1) is 12.1 Å². The molecule has 3 aliphatic rings. The fourth-order valence-electron chi connectivity index (χ4n) is 4.15. The lowest BCUT2D eigenvalue weighted by Crippen LogP contribution is -2.56. The normalized spacial score (nSPS) is 29.8.